The highest BCUT2D eigenvalue weighted by Gasteiger charge is 2.18. The van der Waals surface area contributed by atoms with Crippen molar-refractivity contribution in [3.05, 3.63) is 65.2 Å². The number of rotatable bonds is 6. The zero-order valence-electron chi connectivity index (χ0n) is 11.8. The molecule has 0 aliphatic rings. The lowest BCUT2D eigenvalue weighted by Crippen LogP contribution is -2.31. The monoisotopic (exact) mass is 337 g/mol. The summed E-state index contributed by atoms with van der Waals surface area (Å²) >= 11 is 5.79. The minimum absolute atomic E-state index is 0.155. The van der Waals surface area contributed by atoms with Crippen LogP contribution in [0.15, 0.2) is 59.5 Å². The van der Waals surface area contributed by atoms with E-state index < -0.39 is 21.5 Å². The van der Waals surface area contributed by atoms with Crippen LogP contribution < -0.4 is 5.32 Å². The van der Waals surface area contributed by atoms with Crippen LogP contribution >= 0.6 is 11.6 Å². The summed E-state index contributed by atoms with van der Waals surface area (Å²) in [6.07, 6.45) is 0.619. The Hall–Kier alpha value is -1.85. The number of halogens is 1. The minimum atomic E-state index is -3.59. The molecule has 1 amide bonds. The first-order valence-electron chi connectivity index (χ1n) is 6.76. The molecule has 1 N–H and O–H groups in total. The zero-order chi connectivity index (χ0) is 16.0. The zero-order valence-corrected chi connectivity index (χ0v) is 13.4. The van der Waals surface area contributed by atoms with Gasteiger partial charge in [-0.1, -0.05) is 41.9 Å². The van der Waals surface area contributed by atoms with E-state index in [-0.39, 0.29) is 4.90 Å². The quantitative estimate of drug-likeness (QED) is 0.880. The molecule has 0 aliphatic heterocycles. The molecular weight excluding hydrogens is 322 g/mol. The van der Waals surface area contributed by atoms with Gasteiger partial charge < -0.3 is 5.32 Å². The summed E-state index contributed by atoms with van der Waals surface area (Å²) in [5.74, 6) is -1.05. The van der Waals surface area contributed by atoms with Gasteiger partial charge in [-0.15, -0.1) is 0 Å². The van der Waals surface area contributed by atoms with E-state index in [4.69, 9.17) is 11.6 Å². The summed E-state index contributed by atoms with van der Waals surface area (Å²) in [4.78, 5) is 11.9. The Kier molecular flexibility index (Phi) is 5.57. The van der Waals surface area contributed by atoms with Crippen molar-refractivity contribution in [2.24, 2.45) is 0 Å². The SMILES string of the molecule is O=C(CS(=O)(=O)c1ccccc1)NCCc1ccc(Cl)cc1. The van der Waals surface area contributed by atoms with Crippen molar-refractivity contribution >= 4 is 27.3 Å². The van der Waals surface area contributed by atoms with Crippen LogP contribution in [0.5, 0.6) is 0 Å². The van der Waals surface area contributed by atoms with Crippen molar-refractivity contribution < 1.29 is 13.2 Å². The molecule has 6 heteroatoms. The van der Waals surface area contributed by atoms with Crippen molar-refractivity contribution in [1.29, 1.82) is 0 Å². The first-order valence-corrected chi connectivity index (χ1v) is 8.79. The maximum atomic E-state index is 12.0. The molecule has 2 aromatic rings. The van der Waals surface area contributed by atoms with Crippen molar-refractivity contribution in [3.8, 4) is 0 Å². The van der Waals surface area contributed by atoms with Crippen molar-refractivity contribution in [3.63, 3.8) is 0 Å². The van der Waals surface area contributed by atoms with Gasteiger partial charge in [-0.05, 0) is 36.2 Å². The molecular formula is C16H16ClNO3S. The topological polar surface area (TPSA) is 63.2 Å². The molecule has 0 bridgehead atoms. The van der Waals surface area contributed by atoms with Gasteiger partial charge in [-0.3, -0.25) is 4.79 Å². The molecule has 22 heavy (non-hydrogen) atoms. The number of hydrogen-bond acceptors (Lipinski definition) is 3. The van der Waals surface area contributed by atoms with Crippen LogP contribution in [0.4, 0.5) is 0 Å². The van der Waals surface area contributed by atoms with E-state index in [2.05, 4.69) is 5.32 Å². The van der Waals surface area contributed by atoms with Crippen LogP contribution in [0.1, 0.15) is 5.56 Å². The molecule has 0 saturated heterocycles. The molecule has 0 heterocycles. The van der Waals surface area contributed by atoms with Gasteiger partial charge in [0, 0.05) is 11.6 Å². The molecule has 2 aromatic carbocycles. The van der Waals surface area contributed by atoms with Crippen LogP contribution in [0.2, 0.25) is 5.02 Å². The summed E-state index contributed by atoms with van der Waals surface area (Å²) in [6.45, 7) is 0.380. The second kappa shape index (κ2) is 7.42. The van der Waals surface area contributed by atoms with Crippen LogP contribution in [-0.2, 0) is 21.1 Å². The Morgan fingerprint density at radius 2 is 1.64 bits per heavy atom. The Labute approximate surface area is 135 Å². The van der Waals surface area contributed by atoms with E-state index in [1.165, 1.54) is 12.1 Å². The second-order valence-electron chi connectivity index (χ2n) is 4.80. The average Bonchev–Trinajstić information content (AvgIpc) is 2.50. The maximum absolute atomic E-state index is 12.0. The number of amides is 1. The van der Waals surface area contributed by atoms with Gasteiger partial charge in [-0.25, -0.2) is 8.42 Å². The second-order valence-corrected chi connectivity index (χ2v) is 7.22. The molecule has 116 valence electrons. The highest BCUT2D eigenvalue weighted by Crippen LogP contribution is 2.10. The summed E-state index contributed by atoms with van der Waals surface area (Å²) in [7, 11) is -3.59. The fourth-order valence-electron chi connectivity index (χ4n) is 1.93. The Morgan fingerprint density at radius 1 is 1.00 bits per heavy atom. The third-order valence-electron chi connectivity index (χ3n) is 3.07. The van der Waals surface area contributed by atoms with E-state index in [9.17, 15) is 13.2 Å². The lowest BCUT2D eigenvalue weighted by Gasteiger charge is -2.07. The number of sulfone groups is 1. The molecule has 0 unspecified atom stereocenters. The molecule has 0 atom stereocenters. The molecule has 0 radical (unpaired) electrons. The van der Waals surface area contributed by atoms with Gasteiger partial charge in [0.2, 0.25) is 5.91 Å². The third kappa shape index (κ3) is 4.86. The van der Waals surface area contributed by atoms with E-state index in [1.807, 2.05) is 12.1 Å². The lowest BCUT2D eigenvalue weighted by atomic mass is 10.1. The standard InChI is InChI=1S/C16H16ClNO3S/c17-14-8-6-13(7-9-14)10-11-18-16(19)12-22(20,21)15-4-2-1-3-5-15/h1-9H,10-12H2,(H,18,19). The highest BCUT2D eigenvalue weighted by molar-refractivity contribution is 7.92. The van der Waals surface area contributed by atoms with Crippen molar-refractivity contribution in [2.45, 2.75) is 11.3 Å². The smallest absolute Gasteiger partial charge is 0.235 e. The van der Waals surface area contributed by atoms with Gasteiger partial charge in [0.05, 0.1) is 4.90 Å². The van der Waals surface area contributed by atoms with Crippen LogP contribution in [0.25, 0.3) is 0 Å². The summed E-state index contributed by atoms with van der Waals surface area (Å²) in [6, 6.07) is 15.2. The van der Waals surface area contributed by atoms with Gasteiger partial charge >= 0.3 is 0 Å². The molecule has 0 fully saturated rings. The minimum Gasteiger partial charge on any atom is -0.355 e. The van der Waals surface area contributed by atoms with Gasteiger partial charge in [0.15, 0.2) is 9.84 Å². The molecule has 0 saturated carbocycles. The summed E-state index contributed by atoms with van der Waals surface area (Å²) in [5.41, 5.74) is 1.02. The fraction of sp³-hybridized carbons (Fsp3) is 0.188. The molecule has 4 nitrogen and oxygen atoms in total. The van der Waals surface area contributed by atoms with Crippen molar-refractivity contribution in [1.82, 2.24) is 5.32 Å². The molecule has 2 rings (SSSR count). The number of nitrogens with one attached hydrogen (secondary N) is 1. The average molecular weight is 338 g/mol. The number of carbonyl (C=O) groups is 1. The van der Waals surface area contributed by atoms with E-state index in [0.29, 0.717) is 18.0 Å². The normalized spacial score (nSPS) is 11.1. The Balaban J connectivity index is 1.84. The van der Waals surface area contributed by atoms with Gasteiger partial charge in [0.25, 0.3) is 0 Å². The van der Waals surface area contributed by atoms with Crippen LogP contribution in [0, 0.1) is 0 Å². The van der Waals surface area contributed by atoms with E-state index in [0.717, 1.165) is 5.56 Å². The number of hydrogen-bond donors (Lipinski definition) is 1. The fourth-order valence-corrected chi connectivity index (χ4v) is 3.24. The van der Waals surface area contributed by atoms with Gasteiger partial charge in [-0.2, -0.15) is 0 Å². The number of benzene rings is 2. The van der Waals surface area contributed by atoms with Gasteiger partial charge in [0.1, 0.15) is 5.75 Å². The predicted octanol–water partition coefficient (Wildman–Crippen LogP) is 2.47. The van der Waals surface area contributed by atoms with Crippen LogP contribution in [0.3, 0.4) is 0 Å². The molecule has 0 aliphatic carbocycles. The highest BCUT2D eigenvalue weighted by atomic mass is 35.5. The first-order chi connectivity index (χ1) is 10.5. The summed E-state index contributed by atoms with van der Waals surface area (Å²) in [5, 5.41) is 3.27. The number of carbonyl (C=O) groups excluding carboxylic acids is 1. The molecule has 0 spiro atoms. The lowest BCUT2D eigenvalue weighted by molar-refractivity contribution is -0.118. The van der Waals surface area contributed by atoms with Crippen LogP contribution in [-0.4, -0.2) is 26.6 Å². The summed E-state index contributed by atoms with van der Waals surface area (Å²) < 4.78 is 24.1. The Bertz CT molecular complexity index is 728. The van der Waals surface area contributed by atoms with E-state index in [1.54, 1.807) is 30.3 Å². The Morgan fingerprint density at radius 3 is 2.27 bits per heavy atom. The largest absolute Gasteiger partial charge is 0.355 e. The maximum Gasteiger partial charge on any atom is 0.235 e. The van der Waals surface area contributed by atoms with Crippen molar-refractivity contribution in [2.75, 3.05) is 12.3 Å². The predicted molar refractivity (Wildman–Crippen MR) is 86.7 cm³/mol. The molecule has 0 aromatic heterocycles. The third-order valence-corrected chi connectivity index (χ3v) is 4.96. The van der Waals surface area contributed by atoms with E-state index >= 15 is 0 Å². The first kappa shape index (κ1) is 16.5.